The molecule has 1 amide bonds. The summed E-state index contributed by atoms with van der Waals surface area (Å²) in [7, 11) is 0. The van der Waals surface area contributed by atoms with E-state index in [0.29, 0.717) is 0 Å². The number of hydrogen-bond acceptors (Lipinski definition) is 4. The number of aliphatic hydroxyl groups is 2. The highest BCUT2D eigenvalue weighted by atomic mass is 16.3. The predicted octanol–water partition coefficient (Wildman–Crippen LogP) is -0.766. The second-order valence-corrected chi connectivity index (χ2v) is 4.92. The number of carbonyl (C=O) groups excluding carboxylic acids is 1. The Morgan fingerprint density at radius 3 is 2.62 bits per heavy atom. The Balaban J connectivity index is 2.56. The number of aliphatic hydroxyl groups excluding tert-OH is 2. The van der Waals surface area contributed by atoms with Gasteiger partial charge in [0, 0.05) is 0 Å². The van der Waals surface area contributed by atoms with Gasteiger partial charge in [-0.1, -0.05) is 6.92 Å². The molecule has 1 saturated heterocycles. The average Bonchev–Trinajstić information content (AvgIpc) is 2.29. The largest absolute Gasteiger partial charge is 0.394 e. The maximum Gasteiger partial charge on any atom is 0.237 e. The number of nitrogens with one attached hydrogen (secondary N) is 2. The van der Waals surface area contributed by atoms with E-state index in [1.807, 2.05) is 6.92 Å². The van der Waals surface area contributed by atoms with Gasteiger partial charge < -0.3 is 20.8 Å². The topological polar surface area (TPSA) is 81.6 Å². The Hall–Kier alpha value is -0.650. The Morgan fingerprint density at radius 2 is 2.12 bits per heavy atom. The van der Waals surface area contributed by atoms with Crippen LogP contribution >= 0.6 is 0 Å². The van der Waals surface area contributed by atoms with E-state index in [4.69, 9.17) is 10.2 Å². The summed E-state index contributed by atoms with van der Waals surface area (Å²) in [6, 6.07) is -0.217. The molecular formula is C11H22N2O3. The molecule has 0 radical (unpaired) electrons. The van der Waals surface area contributed by atoms with Crippen molar-refractivity contribution in [1.82, 2.24) is 10.6 Å². The van der Waals surface area contributed by atoms with Gasteiger partial charge in [-0.3, -0.25) is 4.79 Å². The van der Waals surface area contributed by atoms with E-state index in [-0.39, 0.29) is 31.1 Å². The molecule has 4 N–H and O–H groups in total. The molecule has 2 unspecified atom stereocenters. The molecule has 5 nitrogen and oxygen atoms in total. The number of piperidine rings is 1. The lowest BCUT2D eigenvalue weighted by molar-refractivity contribution is -0.127. The normalized spacial score (nSPS) is 26.5. The van der Waals surface area contributed by atoms with Gasteiger partial charge in [-0.2, -0.15) is 0 Å². The number of carbonyl (C=O) groups is 1. The molecule has 1 fully saturated rings. The van der Waals surface area contributed by atoms with Crippen LogP contribution in [0.2, 0.25) is 0 Å². The van der Waals surface area contributed by atoms with Gasteiger partial charge in [-0.25, -0.2) is 0 Å². The van der Waals surface area contributed by atoms with Gasteiger partial charge in [-0.05, 0) is 32.2 Å². The summed E-state index contributed by atoms with van der Waals surface area (Å²) >= 11 is 0. The molecule has 0 bridgehead atoms. The Kier molecular flexibility index (Phi) is 4.70. The van der Waals surface area contributed by atoms with E-state index in [2.05, 4.69) is 10.6 Å². The maximum absolute atomic E-state index is 11.9. The third-order valence-corrected chi connectivity index (χ3v) is 3.17. The van der Waals surface area contributed by atoms with E-state index in [1.54, 1.807) is 6.92 Å². The summed E-state index contributed by atoms with van der Waals surface area (Å²) in [5, 5.41) is 24.1. The van der Waals surface area contributed by atoms with E-state index in [0.717, 1.165) is 19.4 Å². The first-order valence-corrected chi connectivity index (χ1v) is 5.79. The highest BCUT2D eigenvalue weighted by Gasteiger charge is 2.32. The van der Waals surface area contributed by atoms with Crippen molar-refractivity contribution in [1.29, 1.82) is 0 Å². The molecule has 16 heavy (non-hydrogen) atoms. The van der Waals surface area contributed by atoms with Gasteiger partial charge in [0.15, 0.2) is 0 Å². The fourth-order valence-electron chi connectivity index (χ4n) is 1.90. The molecule has 1 heterocycles. The molecule has 1 rings (SSSR count). The van der Waals surface area contributed by atoms with E-state index in [9.17, 15) is 4.79 Å². The Labute approximate surface area is 96.2 Å². The van der Waals surface area contributed by atoms with Crippen molar-refractivity contribution in [3.63, 3.8) is 0 Å². The van der Waals surface area contributed by atoms with E-state index in [1.165, 1.54) is 0 Å². The minimum atomic E-state index is -0.935. The van der Waals surface area contributed by atoms with E-state index >= 15 is 0 Å². The van der Waals surface area contributed by atoms with Crippen LogP contribution in [0.5, 0.6) is 0 Å². The molecular weight excluding hydrogens is 208 g/mol. The van der Waals surface area contributed by atoms with Crippen molar-refractivity contribution in [3.8, 4) is 0 Å². The molecule has 1 aliphatic rings. The van der Waals surface area contributed by atoms with Crippen molar-refractivity contribution < 1.29 is 15.0 Å². The zero-order valence-corrected chi connectivity index (χ0v) is 9.99. The van der Waals surface area contributed by atoms with Crippen molar-refractivity contribution >= 4 is 5.91 Å². The molecule has 5 heteroatoms. The van der Waals surface area contributed by atoms with Crippen LogP contribution in [0.4, 0.5) is 0 Å². The first-order valence-electron chi connectivity index (χ1n) is 5.79. The third-order valence-electron chi connectivity index (χ3n) is 3.17. The van der Waals surface area contributed by atoms with Crippen LogP contribution in [0.25, 0.3) is 0 Å². The Bertz CT molecular complexity index is 241. The van der Waals surface area contributed by atoms with Crippen molar-refractivity contribution in [2.24, 2.45) is 5.92 Å². The zero-order chi connectivity index (χ0) is 12.2. The summed E-state index contributed by atoms with van der Waals surface area (Å²) in [4.78, 5) is 11.9. The highest BCUT2D eigenvalue weighted by Crippen LogP contribution is 2.16. The number of amides is 1. The summed E-state index contributed by atoms with van der Waals surface area (Å²) in [6.45, 7) is 3.97. The van der Waals surface area contributed by atoms with Gasteiger partial charge in [0.1, 0.15) is 0 Å². The Morgan fingerprint density at radius 1 is 1.50 bits per heavy atom. The van der Waals surface area contributed by atoms with Crippen molar-refractivity contribution in [2.45, 2.75) is 38.3 Å². The number of hydrogen-bond donors (Lipinski definition) is 4. The van der Waals surface area contributed by atoms with E-state index < -0.39 is 5.54 Å². The monoisotopic (exact) mass is 230 g/mol. The SMILES string of the molecule is CC1CCCNC1C(=O)NC(C)(CO)CO. The van der Waals surface area contributed by atoms with Crippen LogP contribution in [-0.2, 0) is 4.79 Å². The van der Waals surface area contributed by atoms with Crippen molar-refractivity contribution in [2.75, 3.05) is 19.8 Å². The summed E-state index contributed by atoms with van der Waals surface area (Å²) in [6.07, 6.45) is 2.11. The van der Waals surface area contributed by atoms with Gasteiger partial charge >= 0.3 is 0 Å². The second kappa shape index (κ2) is 5.61. The minimum absolute atomic E-state index is 0.141. The molecule has 94 valence electrons. The molecule has 0 aliphatic carbocycles. The summed E-state index contributed by atoms with van der Waals surface area (Å²) in [5.41, 5.74) is -0.935. The number of rotatable bonds is 4. The van der Waals surface area contributed by atoms with Crippen LogP contribution in [0.3, 0.4) is 0 Å². The van der Waals surface area contributed by atoms with Crippen LogP contribution < -0.4 is 10.6 Å². The summed E-state index contributed by atoms with van der Waals surface area (Å²) in [5.74, 6) is 0.146. The fourth-order valence-corrected chi connectivity index (χ4v) is 1.90. The highest BCUT2D eigenvalue weighted by molar-refractivity contribution is 5.82. The van der Waals surface area contributed by atoms with Gasteiger partial charge in [0.2, 0.25) is 5.91 Å². The average molecular weight is 230 g/mol. The maximum atomic E-state index is 11.9. The molecule has 0 aromatic heterocycles. The molecule has 0 saturated carbocycles. The fraction of sp³-hybridized carbons (Fsp3) is 0.909. The molecule has 0 aromatic carbocycles. The summed E-state index contributed by atoms with van der Waals surface area (Å²) < 4.78 is 0. The molecule has 1 aliphatic heterocycles. The lowest BCUT2D eigenvalue weighted by atomic mass is 9.91. The quantitative estimate of drug-likeness (QED) is 0.511. The standard InChI is InChI=1S/C11H22N2O3/c1-8-4-3-5-12-9(8)10(16)13-11(2,6-14)7-15/h8-9,12,14-15H,3-7H2,1-2H3,(H,13,16). The minimum Gasteiger partial charge on any atom is -0.394 e. The van der Waals surface area contributed by atoms with Crippen LogP contribution in [0.15, 0.2) is 0 Å². The second-order valence-electron chi connectivity index (χ2n) is 4.92. The zero-order valence-electron chi connectivity index (χ0n) is 9.99. The van der Waals surface area contributed by atoms with Crippen LogP contribution in [0, 0.1) is 5.92 Å². The smallest absolute Gasteiger partial charge is 0.237 e. The van der Waals surface area contributed by atoms with Crippen LogP contribution in [-0.4, -0.2) is 47.5 Å². The first kappa shape index (κ1) is 13.4. The lowest BCUT2D eigenvalue weighted by Crippen LogP contribution is -2.59. The van der Waals surface area contributed by atoms with Gasteiger partial charge in [-0.15, -0.1) is 0 Å². The van der Waals surface area contributed by atoms with Crippen molar-refractivity contribution in [3.05, 3.63) is 0 Å². The van der Waals surface area contributed by atoms with Gasteiger partial charge in [0.05, 0.1) is 24.8 Å². The first-order chi connectivity index (χ1) is 7.52. The molecule has 2 atom stereocenters. The van der Waals surface area contributed by atoms with Gasteiger partial charge in [0.25, 0.3) is 0 Å². The lowest BCUT2D eigenvalue weighted by Gasteiger charge is -2.33. The molecule has 0 spiro atoms. The third kappa shape index (κ3) is 3.17. The molecule has 0 aromatic rings. The van der Waals surface area contributed by atoms with Crippen LogP contribution in [0.1, 0.15) is 26.7 Å². The predicted molar refractivity (Wildman–Crippen MR) is 60.9 cm³/mol.